The number of hydrogen-bond acceptors (Lipinski definition) is 5. The van der Waals surface area contributed by atoms with Crippen LogP contribution < -0.4 is 10.1 Å². The van der Waals surface area contributed by atoms with E-state index in [1.807, 2.05) is 30.3 Å². The molecule has 1 fully saturated rings. The lowest BCUT2D eigenvalue weighted by Crippen LogP contribution is -2.45. The summed E-state index contributed by atoms with van der Waals surface area (Å²) in [5.74, 6) is 0.0539. The highest BCUT2D eigenvalue weighted by Gasteiger charge is 2.48. The molecule has 4 amide bonds. The smallest absolute Gasteiger partial charge is 0.325 e. The van der Waals surface area contributed by atoms with Crippen molar-refractivity contribution in [3.8, 4) is 5.75 Å². The first-order chi connectivity index (χ1) is 14.2. The SMILES string of the molecule is COc1ccc(CC[C@@]2(C)NC(=O)N(CC(=O)N(C)Cc3ccc(Cl)s3)C2=O)cc1. The van der Waals surface area contributed by atoms with Crippen molar-refractivity contribution in [2.75, 3.05) is 20.7 Å². The summed E-state index contributed by atoms with van der Waals surface area (Å²) in [6.45, 7) is 1.77. The lowest BCUT2D eigenvalue weighted by Gasteiger charge is -2.23. The first-order valence-corrected chi connectivity index (χ1v) is 10.7. The molecular formula is C21H24ClN3O4S. The predicted molar refractivity (Wildman–Crippen MR) is 116 cm³/mol. The van der Waals surface area contributed by atoms with Crippen LogP contribution in [-0.4, -0.2) is 53.9 Å². The van der Waals surface area contributed by atoms with E-state index >= 15 is 0 Å². The normalized spacial score (nSPS) is 18.5. The third kappa shape index (κ3) is 4.94. The highest BCUT2D eigenvalue weighted by molar-refractivity contribution is 7.16. The molecule has 160 valence electrons. The predicted octanol–water partition coefficient (Wildman–Crippen LogP) is 3.31. The molecule has 7 nitrogen and oxygen atoms in total. The molecule has 1 aromatic carbocycles. The largest absolute Gasteiger partial charge is 0.497 e. The van der Waals surface area contributed by atoms with Crippen molar-refractivity contribution in [1.82, 2.24) is 15.1 Å². The maximum atomic E-state index is 12.9. The van der Waals surface area contributed by atoms with Gasteiger partial charge in [0.25, 0.3) is 5.91 Å². The summed E-state index contributed by atoms with van der Waals surface area (Å²) in [5, 5.41) is 2.75. The third-order valence-electron chi connectivity index (χ3n) is 5.16. The molecule has 1 aliphatic heterocycles. The number of ether oxygens (including phenoxy) is 1. The number of methoxy groups -OCH3 is 1. The highest BCUT2D eigenvalue weighted by Crippen LogP contribution is 2.25. The maximum absolute atomic E-state index is 12.9. The van der Waals surface area contributed by atoms with E-state index in [1.54, 1.807) is 27.1 Å². The van der Waals surface area contributed by atoms with Gasteiger partial charge >= 0.3 is 6.03 Å². The van der Waals surface area contributed by atoms with Gasteiger partial charge in [-0.05, 0) is 49.6 Å². The molecule has 0 bridgehead atoms. The number of hydrogen-bond donors (Lipinski definition) is 1. The molecule has 0 saturated carbocycles. The van der Waals surface area contributed by atoms with Crippen LogP contribution in [0.1, 0.15) is 23.8 Å². The molecular weight excluding hydrogens is 426 g/mol. The van der Waals surface area contributed by atoms with Crippen molar-refractivity contribution in [3.05, 3.63) is 51.2 Å². The van der Waals surface area contributed by atoms with Crippen molar-refractivity contribution in [2.45, 2.75) is 31.8 Å². The summed E-state index contributed by atoms with van der Waals surface area (Å²) in [6.07, 6.45) is 1.03. The summed E-state index contributed by atoms with van der Waals surface area (Å²) in [4.78, 5) is 41.3. The Balaban J connectivity index is 1.59. The number of nitrogens with one attached hydrogen (secondary N) is 1. The van der Waals surface area contributed by atoms with Gasteiger partial charge in [-0.15, -0.1) is 11.3 Å². The van der Waals surface area contributed by atoms with Gasteiger partial charge in [-0.2, -0.15) is 0 Å². The summed E-state index contributed by atoms with van der Waals surface area (Å²) in [7, 11) is 3.24. The number of urea groups is 1. The quantitative estimate of drug-likeness (QED) is 0.627. The Morgan fingerprint density at radius 3 is 2.53 bits per heavy atom. The second kappa shape index (κ2) is 9.06. The lowest BCUT2D eigenvalue weighted by molar-refractivity contribution is -0.138. The Bertz CT molecular complexity index is 946. The summed E-state index contributed by atoms with van der Waals surface area (Å²) in [5.41, 5.74) is -0.0140. The van der Waals surface area contributed by atoms with Crippen LogP contribution in [0.2, 0.25) is 4.34 Å². The first-order valence-electron chi connectivity index (χ1n) is 9.47. The van der Waals surface area contributed by atoms with Crippen molar-refractivity contribution < 1.29 is 19.1 Å². The summed E-state index contributed by atoms with van der Waals surface area (Å²) < 4.78 is 5.79. The number of likely N-dealkylation sites (N-methyl/N-ethyl adjacent to an activating group) is 1. The molecule has 2 heterocycles. The minimum absolute atomic E-state index is 0.293. The van der Waals surface area contributed by atoms with Gasteiger partial charge in [0.2, 0.25) is 5.91 Å². The number of carbonyl (C=O) groups excluding carboxylic acids is 3. The topological polar surface area (TPSA) is 79.0 Å². The molecule has 2 aromatic rings. The van der Waals surface area contributed by atoms with Gasteiger partial charge in [-0.3, -0.25) is 14.5 Å². The zero-order chi connectivity index (χ0) is 21.9. The fourth-order valence-corrected chi connectivity index (χ4v) is 4.40. The molecule has 1 aliphatic rings. The van der Waals surface area contributed by atoms with Gasteiger partial charge in [0.15, 0.2) is 0 Å². The number of thiophene rings is 1. The van der Waals surface area contributed by atoms with Crippen LogP contribution in [0.4, 0.5) is 4.79 Å². The van der Waals surface area contributed by atoms with E-state index in [4.69, 9.17) is 16.3 Å². The zero-order valence-corrected chi connectivity index (χ0v) is 18.7. The monoisotopic (exact) mass is 449 g/mol. The van der Waals surface area contributed by atoms with Gasteiger partial charge < -0.3 is 15.0 Å². The molecule has 0 unspecified atom stereocenters. The van der Waals surface area contributed by atoms with Gasteiger partial charge in [0.1, 0.15) is 17.8 Å². The fraction of sp³-hybridized carbons (Fsp3) is 0.381. The second-order valence-electron chi connectivity index (χ2n) is 7.46. The minimum Gasteiger partial charge on any atom is -0.497 e. The van der Waals surface area contributed by atoms with Crippen LogP contribution in [0.3, 0.4) is 0 Å². The number of imide groups is 1. The highest BCUT2D eigenvalue weighted by atomic mass is 35.5. The van der Waals surface area contributed by atoms with Crippen LogP contribution in [0, 0.1) is 0 Å². The molecule has 0 aliphatic carbocycles. The number of amides is 4. The molecule has 0 spiro atoms. The van der Waals surface area contributed by atoms with Crippen LogP contribution in [0.25, 0.3) is 0 Å². The lowest BCUT2D eigenvalue weighted by atomic mass is 9.93. The average Bonchev–Trinajstić information content (AvgIpc) is 3.22. The molecule has 1 aromatic heterocycles. The van der Waals surface area contributed by atoms with Gasteiger partial charge in [-0.25, -0.2) is 4.79 Å². The number of halogens is 1. The zero-order valence-electron chi connectivity index (χ0n) is 17.1. The molecule has 1 N–H and O–H groups in total. The molecule has 1 atom stereocenters. The molecule has 3 rings (SSSR count). The number of carbonyl (C=O) groups is 3. The number of benzene rings is 1. The van der Waals surface area contributed by atoms with Gasteiger partial charge in [-0.1, -0.05) is 23.7 Å². The van der Waals surface area contributed by atoms with Crippen LogP contribution in [0.15, 0.2) is 36.4 Å². The van der Waals surface area contributed by atoms with E-state index in [0.717, 1.165) is 21.1 Å². The molecule has 9 heteroatoms. The van der Waals surface area contributed by atoms with E-state index < -0.39 is 11.6 Å². The van der Waals surface area contributed by atoms with Crippen LogP contribution in [-0.2, 0) is 22.6 Å². The Morgan fingerprint density at radius 1 is 1.23 bits per heavy atom. The van der Waals surface area contributed by atoms with E-state index in [1.165, 1.54) is 16.2 Å². The Hall–Kier alpha value is -2.58. The number of aryl methyl sites for hydroxylation is 1. The van der Waals surface area contributed by atoms with E-state index in [9.17, 15) is 14.4 Å². The van der Waals surface area contributed by atoms with Crippen molar-refractivity contribution in [3.63, 3.8) is 0 Å². The van der Waals surface area contributed by atoms with Crippen molar-refractivity contribution >= 4 is 40.8 Å². The standard InChI is InChI=1S/C21H24ClN3O4S/c1-21(11-10-14-4-6-15(29-3)7-5-14)19(27)25(20(28)23-21)13-18(26)24(2)12-16-8-9-17(22)30-16/h4-9H,10-13H2,1-3H3,(H,23,28)/t21-/m1/s1. The van der Waals surface area contributed by atoms with Crippen molar-refractivity contribution in [2.24, 2.45) is 0 Å². The van der Waals surface area contributed by atoms with Gasteiger partial charge in [0, 0.05) is 11.9 Å². The molecule has 1 saturated heterocycles. The van der Waals surface area contributed by atoms with E-state index in [0.29, 0.717) is 23.7 Å². The average molecular weight is 450 g/mol. The molecule has 0 radical (unpaired) electrons. The van der Waals surface area contributed by atoms with Gasteiger partial charge in [0.05, 0.1) is 18.0 Å². The fourth-order valence-electron chi connectivity index (χ4n) is 3.26. The Kier molecular flexibility index (Phi) is 6.67. The summed E-state index contributed by atoms with van der Waals surface area (Å²) in [6, 6.07) is 10.6. The van der Waals surface area contributed by atoms with E-state index in [2.05, 4.69) is 5.32 Å². The maximum Gasteiger partial charge on any atom is 0.325 e. The first kappa shape index (κ1) is 22.1. The van der Waals surface area contributed by atoms with Crippen LogP contribution >= 0.6 is 22.9 Å². The van der Waals surface area contributed by atoms with E-state index in [-0.39, 0.29) is 18.4 Å². The molecule has 30 heavy (non-hydrogen) atoms. The Morgan fingerprint density at radius 2 is 1.93 bits per heavy atom. The second-order valence-corrected chi connectivity index (χ2v) is 9.26. The summed E-state index contributed by atoms with van der Waals surface area (Å²) >= 11 is 7.31. The number of nitrogens with zero attached hydrogens (tertiary/aromatic N) is 2. The third-order valence-corrected chi connectivity index (χ3v) is 6.37. The van der Waals surface area contributed by atoms with Crippen LogP contribution in [0.5, 0.6) is 5.75 Å². The number of rotatable bonds is 8. The van der Waals surface area contributed by atoms with Crippen molar-refractivity contribution in [1.29, 1.82) is 0 Å². The Labute approximate surface area is 184 Å². The minimum atomic E-state index is -1.04.